The van der Waals surface area contributed by atoms with Gasteiger partial charge in [0.1, 0.15) is 0 Å². The first-order valence-electron chi connectivity index (χ1n) is 7.09. The number of hydrogen-bond acceptors (Lipinski definition) is 4. The monoisotopic (exact) mass is 262 g/mol. The Morgan fingerprint density at radius 1 is 0.833 bits per heavy atom. The van der Waals surface area contributed by atoms with Crippen molar-refractivity contribution < 1.29 is 10.2 Å². The third-order valence-electron chi connectivity index (χ3n) is 2.87. The lowest BCUT2D eigenvalue weighted by molar-refractivity contribution is 0.0273. The molecule has 0 aromatic heterocycles. The SMILES string of the molecule is CC(C)(O)CN.CCCCC(O)(CN)CCCC. The minimum atomic E-state index is -0.681. The lowest BCUT2D eigenvalue weighted by Crippen LogP contribution is -2.37. The fourth-order valence-corrected chi connectivity index (χ4v) is 1.34. The Morgan fingerprint density at radius 2 is 1.17 bits per heavy atom. The highest BCUT2D eigenvalue weighted by Crippen LogP contribution is 2.19. The fourth-order valence-electron chi connectivity index (χ4n) is 1.34. The summed E-state index contributed by atoms with van der Waals surface area (Å²) in [5, 5.41) is 18.7. The third kappa shape index (κ3) is 13.9. The number of aliphatic hydroxyl groups is 2. The number of hydrogen-bond donors (Lipinski definition) is 4. The van der Waals surface area contributed by atoms with E-state index in [-0.39, 0.29) is 0 Å². The van der Waals surface area contributed by atoms with Gasteiger partial charge in [-0.25, -0.2) is 0 Å². The van der Waals surface area contributed by atoms with Crippen molar-refractivity contribution in [3.8, 4) is 0 Å². The molecule has 112 valence electrons. The van der Waals surface area contributed by atoms with Crippen molar-refractivity contribution >= 4 is 0 Å². The van der Waals surface area contributed by atoms with E-state index < -0.39 is 11.2 Å². The van der Waals surface area contributed by atoms with Gasteiger partial charge in [0.2, 0.25) is 0 Å². The van der Waals surface area contributed by atoms with Crippen LogP contribution in [0.2, 0.25) is 0 Å². The first-order valence-corrected chi connectivity index (χ1v) is 7.09. The zero-order chi connectivity index (χ0) is 14.7. The third-order valence-corrected chi connectivity index (χ3v) is 2.87. The maximum atomic E-state index is 9.96. The zero-order valence-electron chi connectivity index (χ0n) is 12.7. The molecule has 6 N–H and O–H groups in total. The lowest BCUT2D eigenvalue weighted by Gasteiger charge is -2.26. The van der Waals surface area contributed by atoms with Crippen molar-refractivity contribution in [3.05, 3.63) is 0 Å². The molecule has 0 amide bonds. The van der Waals surface area contributed by atoms with Crippen LogP contribution in [0, 0.1) is 0 Å². The van der Waals surface area contributed by atoms with Crippen molar-refractivity contribution in [1.82, 2.24) is 0 Å². The molecule has 0 aliphatic carbocycles. The molecule has 0 saturated heterocycles. The summed E-state index contributed by atoms with van der Waals surface area (Å²) in [6.07, 6.45) is 6.15. The second-order valence-electron chi connectivity index (χ2n) is 5.65. The van der Waals surface area contributed by atoms with Crippen LogP contribution in [0.5, 0.6) is 0 Å². The van der Waals surface area contributed by atoms with Crippen LogP contribution in [0.15, 0.2) is 0 Å². The molecule has 0 aliphatic rings. The summed E-state index contributed by atoms with van der Waals surface area (Å²) >= 11 is 0. The Labute approximate surface area is 113 Å². The predicted molar refractivity (Wildman–Crippen MR) is 78.4 cm³/mol. The highest BCUT2D eigenvalue weighted by atomic mass is 16.3. The van der Waals surface area contributed by atoms with Crippen LogP contribution in [0.25, 0.3) is 0 Å². The lowest BCUT2D eigenvalue weighted by atomic mass is 9.91. The van der Waals surface area contributed by atoms with Crippen LogP contribution in [0.4, 0.5) is 0 Å². The highest BCUT2D eigenvalue weighted by Gasteiger charge is 2.22. The first-order chi connectivity index (χ1) is 8.24. The average Bonchev–Trinajstić information content (AvgIpc) is 2.34. The molecule has 0 aromatic rings. The number of rotatable bonds is 8. The molecule has 0 spiro atoms. The normalized spacial score (nSPS) is 12.0. The summed E-state index contributed by atoms with van der Waals surface area (Å²) in [5.41, 5.74) is 9.34. The summed E-state index contributed by atoms with van der Waals surface area (Å²) in [5.74, 6) is 0. The number of unbranched alkanes of at least 4 members (excludes halogenated alkanes) is 2. The summed E-state index contributed by atoms with van der Waals surface area (Å²) in [6, 6.07) is 0. The van der Waals surface area contributed by atoms with Crippen molar-refractivity contribution in [2.45, 2.75) is 77.4 Å². The summed E-state index contributed by atoms with van der Waals surface area (Å²) in [6.45, 7) is 8.35. The molecule has 0 bridgehead atoms. The predicted octanol–water partition coefficient (Wildman–Crippen LogP) is 1.77. The average molecular weight is 262 g/mol. The van der Waals surface area contributed by atoms with E-state index in [1.165, 1.54) is 0 Å². The van der Waals surface area contributed by atoms with E-state index in [9.17, 15) is 5.11 Å². The molecule has 0 unspecified atom stereocenters. The molecule has 18 heavy (non-hydrogen) atoms. The molecule has 0 radical (unpaired) electrons. The Balaban J connectivity index is 0. The number of nitrogens with two attached hydrogens (primary N) is 2. The van der Waals surface area contributed by atoms with Gasteiger partial charge in [-0.1, -0.05) is 39.5 Å². The molecule has 4 nitrogen and oxygen atoms in total. The molecule has 0 aromatic carbocycles. The largest absolute Gasteiger partial charge is 0.389 e. The molecule has 4 heteroatoms. The van der Waals surface area contributed by atoms with E-state index in [1.54, 1.807) is 13.8 Å². The van der Waals surface area contributed by atoms with Gasteiger partial charge >= 0.3 is 0 Å². The van der Waals surface area contributed by atoms with Gasteiger partial charge in [0.15, 0.2) is 0 Å². The van der Waals surface area contributed by atoms with E-state index in [2.05, 4.69) is 13.8 Å². The van der Waals surface area contributed by atoms with Crippen LogP contribution >= 0.6 is 0 Å². The van der Waals surface area contributed by atoms with Crippen LogP contribution < -0.4 is 11.5 Å². The Hall–Kier alpha value is -0.160. The van der Waals surface area contributed by atoms with Crippen molar-refractivity contribution in [3.63, 3.8) is 0 Å². The molecular formula is C14H34N2O2. The molecular weight excluding hydrogens is 228 g/mol. The van der Waals surface area contributed by atoms with Crippen LogP contribution in [-0.2, 0) is 0 Å². The van der Waals surface area contributed by atoms with Crippen molar-refractivity contribution in [1.29, 1.82) is 0 Å². The van der Waals surface area contributed by atoms with Crippen LogP contribution in [-0.4, -0.2) is 34.5 Å². The van der Waals surface area contributed by atoms with Gasteiger partial charge in [-0.2, -0.15) is 0 Å². The van der Waals surface area contributed by atoms with Crippen molar-refractivity contribution in [2.24, 2.45) is 11.5 Å². The summed E-state index contributed by atoms with van der Waals surface area (Å²) in [7, 11) is 0. The van der Waals surface area contributed by atoms with Gasteiger partial charge in [0, 0.05) is 13.1 Å². The van der Waals surface area contributed by atoms with E-state index in [0.717, 1.165) is 38.5 Å². The van der Waals surface area contributed by atoms with Crippen molar-refractivity contribution in [2.75, 3.05) is 13.1 Å². The minimum Gasteiger partial charge on any atom is -0.389 e. The van der Waals surface area contributed by atoms with Gasteiger partial charge in [0.05, 0.1) is 11.2 Å². The summed E-state index contributed by atoms with van der Waals surface area (Å²) in [4.78, 5) is 0. The van der Waals surface area contributed by atoms with Crippen LogP contribution in [0.1, 0.15) is 66.2 Å². The second kappa shape index (κ2) is 10.7. The molecule has 0 atom stereocenters. The Bertz CT molecular complexity index is 171. The summed E-state index contributed by atoms with van der Waals surface area (Å²) < 4.78 is 0. The van der Waals surface area contributed by atoms with Crippen LogP contribution in [0.3, 0.4) is 0 Å². The van der Waals surface area contributed by atoms with E-state index in [4.69, 9.17) is 16.6 Å². The van der Waals surface area contributed by atoms with E-state index in [0.29, 0.717) is 13.1 Å². The van der Waals surface area contributed by atoms with Gasteiger partial charge < -0.3 is 21.7 Å². The van der Waals surface area contributed by atoms with E-state index >= 15 is 0 Å². The molecule has 0 fully saturated rings. The molecule has 0 aliphatic heterocycles. The van der Waals surface area contributed by atoms with E-state index in [1.807, 2.05) is 0 Å². The fraction of sp³-hybridized carbons (Fsp3) is 1.00. The zero-order valence-corrected chi connectivity index (χ0v) is 12.7. The Kier molecular flexibility index (Phi) is 12.0. The quantitative estimate of drug-likeness (QED) is 0.536. The van der Waals surface area contributed by atoms with Gasteiger partial charge in [-0.3, -0.25) is 0 Å². The maximum Gasteiger partial charge on any atom is 0.0769 e. The molecule has 0 heterocycles. The minimum absolute atomic E-state index is 0.326. The highest BCUT2D eigenvalue weighted by molar-refractivity contribution is 4.78. The second-order valence-corrected chi connectivity index (χ2v) is 5.65. The smallest absolute Gasteiger partial charge is 0.0769 e. The maximum absolute atomic E-state index is 9.96. The molecule has 0 rings (SSSR count). The molecule has 0 saturated carbocycles. The standard InChI is InChI=1S/C10H23NO.C4H11NO/c1-3-5-7-10(12,9-11)8-6-4-2;1-4(2,6)3-5/h12H,3-9,11H2,1-2H3;6H,3,5H2,1-2H3. The van der Waals surface area contributed by atoms with Gasteiger partial charge in [-0.05, 0) is 26.7 Å². The Morgan fingerprint density at radius 3 is 1.33 bits per heavy atom. The van der Waals surface area contributed by atoms with Gasteiger partial charge in [-0.15, -0.1) is 0 Å². The topological polar surface area (TPSA) is 92.5 Å². The van der Waals surface area contributed by atoms with Gasteiger partial charge in [0.25, 0.3) is 0 Å². The first kappa shape index (κ1) is 20.2.